The van der Waals surface area contributed by atoms with Gasteiger partial charge in [0, 0.05) is 6.08 Å². The lowest BCUT2D eigenvalue weighted by molar-refractivity contribution is -0.263. The first kappa shape index (κ1) is 33.3. The summed E-state index contributed by atoms with van der Waals surface area (Å²) in [4.78, 5) is 25.6. The number of benzene rings is 3. The monoisotopic (exact) mass is 620 g/mol. The predicted molar refractivity (Wildman–Crippen MR) is 158 cm³/mol. The Morgan fingerprint density at radius 1 is 0.721 bits per heavy atom. The van der Waals surface area contributed by atoms with Crippen molar-refractivity contribution in [2.75, 3.05) is 20.3 Å². The molecule has 3 rings (SSSR count). The summed E-state index contributed by atoms with van der Waals surface area (Å²) >= 11 is 0. The highest BCUT2D eigenvalue weighted by Gasteiger charge is 2.62. The van der Waals surface area contributed by atoms with Crippen molar-refractivity contribution in [2.45, 2.75) is 25.9 Å². The van der Waals surface area contributed by atoms with Crippen LogP contribution in [0.4, 0.5) is 22.0 Å². The van der Waals surface area contributed by atoms with Crippen LogP contribution < -0.4 is 15.9 Å². The summed E-state index contributed by atoms with van der Waals surface area (Å²) in [5, 5.41) is 2.07. The number of halogens is 5. The van der Waals surface area contributed by atoms with Crippen LogP contribution in [0.5, 0.6) is 0 Å². The van der Waals surface area contributed by atoms with Gasteiger partial charge in [0.25, 0.3) is 0 Å². The second kappa shape index (κ2) is 14.3. The minimum absolute atomic E-state index is 0.0553. The number of alkyl halides is 5. The lowest BCUT2D eigenvalue weighted by atomic mass is 9.97. The number of esters is 2. The van der Waals surface area contributed by atoms with Crippen LogP contribution in [-0.2, 0) is 23.8 Å². The first-order valence-electron chi connectivity index (χ1n) is 13.1. The van der Waals surface area contributed by atoms with E-state index >= 15 is 8.78 Å². The van der Waals surface area contributed by atoms with E-state index in [0.717, 1.165) is 7.11 Å². The van der Waals surface area contributed by atoms with Crippen molar-refractivity contribution in [3.05, 3.63) is 114 Å². The number of carbonyl (C=O) groups excluding carboxylic acids is 2. The quantitative estimate of drug-likeness (QED) is 0.0664. The molecule has 5 nitrogen and oxygen atoms in total. The highest BCUT2D eigenvalue weighted by atomic mass is 31.2. The van der Waals surface area contributed by atoms with Crippen molar-refractivity contribution < 1.29 is 45.8 Å². The topological polar surface area (TPSA) is 61.8 Å². The molecular weight excluding hydrogens is 590 g/mol. The van der Waals surface area contributed by atoms with Gasteiger partial charge in [-0.1, -0.05) is 91.0 Å². The molecule has 0 aromatic heterocycles. The van der Waals surface area contributed by atoms with Crippen LogP contribution in [0.3, 0.4) is 0 Å². The Kier molecular flexibility index (Phi) is 11.1. The van der Waals surface area contributed by atoms with E-state index in [4.69, 9.17) is 9.47 Å². The SMILES string of the molecule is CCOC(=O)C(/C(=C/C(=O)OC)C(F)(F)C(F)(F)F)=C(/C=P(c1ccccc1)(c1ccccc1)c1ccccc1)OCC. The Bertz CT molecular complexity index is 1410. The molecule has 0 fully saturated rings. The van der Waals surface area contributed by atoms with Gasteiger partial charge in [-0.3, -0.25) is 0 Å². The van der Waals surface area contributed by atoms with Gasteiger partial charge in [-0.2, -0.15) is 22.0 Å². The van der Waals surface area contributed by atoms with Gasteiger partial charge in [-0.15, -0.1) is 0 Å². The Balaban J connectivity index is 2.69. The second-order valence-corrected chi connectivity index (χ2v) is 12.2. The van der Waals surface area contributed by atoms with Crippen molar-refractivity contribution in [1.29, 1.82) is 0 Å². The molecular formula is C32H30F5O5P. The third-order valence-corrected chi connectivity index (χ3v) is 10.2. The molecule has 0 aliphatic heterocycles. The molecule has 0 aliphatic carbocycles. The van der Waals surface area contributed by atoms with E-state index in [1.165, 1.54) is 19.6 Å². The van der Waals surface area contributed by atoms with Gasteiger partial charge in [-0.25, -0.2) is 9.59 Å². The molecule has 0 amide bonds. The molecule has 0 atom stereocenters. The van der Waals surface area contributed by atoms with Crippen molar-refractivity contribution in [2.24, 2.45) is 0 Å². The molecule has 11 heteroatoms. The number of rotatable bonds is 11. The minimum Gasteiger partial charge on any atom is -0.493 e. The third-order valence-electron chi connectivity index (χ3n) is 6.25. The van der Waals surface area contributed by atoms with Gasteiger partial charge in [-0.05, 0) is 42.4 Å². The summed E-state index contributed by atoms with van der Waals surface area (Å²) in [5.74, 6) is -7.93. The van der Waals surface area contributed by atoms with E-state index in [0.29, 0.717) is 15.9 Å². The summed E-state index contributed by atoms with van der Waals surface area (Å²) in [6, 6.07) is 26.7. The minimum atomic E-state index is -6.19. The summed E-state index contributed by atoms with van der Waals surface area (Å²) < 4.78 is 87.2. The molecule has 43 heavy (non-hydrogen) atoms. The van der Waals surface area contributed by atoms with Crippen molar-refractivity contribution in [1.82, 2.24) is 0 Å². The van der Waals surface area contributed by atoms with E-state index in [1.807, 2.05) is 0 Å². The van der Waals surface area contributed by atoms with Crippen LogP contribution in [-0.4, -0.2) is 50.2 Å². The molecule has 0 radical (unpaired) electrons. The lowest BCUT2D eigenvalue weighted by Crippen LogP contribution is -2.41. The predicted octanol–water partition coefficient (Wildman–Crippen LogP) is 5.93. The zero-order chi connectivity index (χ0) is 31.7. The van der Waals surface area contributed by atoms with Crippen LogP contribution >= 0.6 is 6.89 Å². The zero-order valence-electron chi connectivity index (χ0n) is 23.6. The number of hydrogen-bond donors (Lipinski definition) is 0. The molecule has 228 valence electrons. The van der Waals surface area contributed by atoms with E-state index in [-0.39, 0.29) is 19.3 Å². The Morgan fingerprint density at radius 3 is 1.49 bits per heavy atom. The van der Waals surface area contributed by atoms with Crippen LogP contribution in [0, 0.1) is 0 Å². The standard InChI is InChI=1S/C32H30F5O5P/c1-4-41-27(29(30(39)42-5-2)26(21-28(38)40-3)31(33,34)32(35,36)37)22-43(23-15-9-6-10-16-23,24-17-11-7-12-18-24)25-19-13-8-14-20-25/h6-22H,4-5H2,1-3H3/b26-21-,29-27-. The lowest BCUT2D eigenvalue weighted by Gasteiger charge is -2.30. The van der Waals surface area contributed by atoms with Gasteiger partial charge in [0.05, 0.1) is 25.9 Å². The fraction of sp³-hybridized carbons (Fsp3) is 0.219. The van der Waals surface area contributed by atoms with E-state index in [1.54, 1.807) is 91.0 Å². The molecule has 0 heterocycles. The van der Waals surface area contributed by atoms with Crippen LogP contribution in [0.15, 0.2) is 114 Å². The smallest absolute Gasteiger partial charge is 0.458 e. The van der Waals surface area contributed by atoms with Gasteiger partial charge in [0.2, 0.25) is 0 Å². The van der Waals surface area contributed by atoms with Gasteiger partial charge < -0.3 is 14.2 Å². The highest BCUT2D eigenvalue weighted by molar-refractivity contribution is 7.94. The number of ether oxygens (including phenoxy) is 3. The third kappa shape index (κ3) is 7.25. The number of methoxy groups -OCH3 is 1. The molecule has 3 aromatic rings. The summed E-state index contributed by atoms with van der Waals surface area (Å²) in [7, 11) is 0.808. The molecule has 0 bridgehead atoms. The number of hydrogen-bond acceptors (Lipinski definition) is 5. The van der Waals surface area contributed by atoms with Crippen molar-refractivity contribution >= 4 is 40.5 Å². The Hall–Kier alpha value is -4.17. The Morgan fingerprint density at radius 2 is 1.14 bits per heavy atom. The van der Waals surface area contributed by atoms with Gasteiger partial charge >= 0.3 is 24.0 Å². The zero-order valence-corrected chi connectivity index (χ0v) is 24.5. The van der Waals surface area contributed by atoms with E-state index in [9.17, 15) is 22.8 Å². The summed E-state index contributed by atoms with van der Waals surface area (Å²) in [6.07, 6.45) is -6.24. The number of allylic oxidation sites excluding steroid dienone is 1. The fourth-order valence-electron chi connectivity index (χ4n) is 4.36. The fourth-order valence-corrected chi connectivity index (χ4v) is 8.19. The van der Waals surface area contributed by atoms with Crippen molar-refractivity contribution in [3.8, 4) is 0 Å². The maximum absolute atomic E-state index is 15.2. The van der Waals surface area contributed by atoms with Crippen LogP contribution in [0.25, 0.3) is 0 Å². The molecule has 0 saturated carbocycles. The largest absolute Gasteiger partial charge is 0.493 e. The maximum atomic E-state index is 15.2. The molecule has 0 aliphatic rings. The van der Waals surface area contributed by atoms with Gasteiger partial charge in [0.15, 0.2) is 0 Å². The first-order chi connectivity index (χ1) is 20.4. The molecule has 0 N–H and O–H groups in total. The number of carbonyl (C=O) groups is 2. The van der Waals surface area contributed by atoms with E-state index < -0.39 is 47.8 Å². The highest BCUT2D eigenvalue weighted by Crippen LogP contribution is 2.48. The molecule has 0 unspecified atom stereocenters. The summed E-state index contributed by atoms with van der Waals surface area (Å²) in [5.41, 5.74) is -3.21. The normalized spacial score (nSPS) is 13.1. The maximum Gasteiger partial charge on any atom is 0.458 e. The van der Waals surface area contributed by atoms with Crippen molar-refractivity contribution in [3.63, 3.8) is 0 Å². The molecule has 3 aromatic carbocycles. The van der Waals surface area contributed by atoms with E-state index in [2.05, 4.69) is 4.74 Å². The van der Waals surface area contributed by atoms with Crippen LogP contribution in [0.1, 0.15) is 13.8 Å². The van der Waals surface area contributed by atoms with Gasteiger partial charge in [0.1, 0.15) is 11.3 Å². The average Bonchev–Trinajstić information content (AvgIpc) is 3.00. The van der Waals surface area contributed by atoms with Crippen LogP contribution in [0.2, 0.25) is 0 Å². The second-order valence-electron chi connectivity index (χ2n) is 8.90. The molecule has 0 saturated heterocycles. The Labute approximate surface area is 246 Å². The summed E-state index contributed by atoms with van der Waals surface area (Å²) in [6.45, 7) is -0.853. The molecule has 0 spiro atoms. The first-order valence-corrected chi connectivity index (χ1v) is 15.0. The average molecular weight is 621 g/mol.